The predicted octanol–water partition coefficient (Wildman–Crippen LogP) is 0.235. The monoisotopic (exact) mass is 137 g/mol. The van der Waals surface area contributed by atoms with Gasteiger partial charge in [0.2, 0.25) is 0 Å². The minimum atomic E-state index is 0.981. The van der Waals surface area contributed by atoms with Crippen molar-refractivity contribution in [3.8, 4) is 0 Å². The van der Waals surface area contributed by atoms with Crippen LogP contribution in [0.1, 0.15) is 0 Å². The van der Waals surface area contributed by atoms with Crippen LogP contribution in [0.15, 0.2) is 29.2 Å². The molecule has 0 fully saturated rings. The Morgan fingerprint density at radius 1 is 1.70 bits per heavy atom. The summed E-state index contributed by atoms with van der Waals surface area (Å²) in [6.45, 7) is 0. The van der Waals surface area contributed by atoms with Gasteiger partial charge in [-0.15, -0.1) is 0 Å². The molecule has 1 aliphatic rings. The van der Waals surface area contributed by atoms with E-state index in [2.05, 4.69) is 15.6 Å². The summed E-state index contributed by atoms with van der Waals surface area (Å²) in [6, 6.07) is 0. The molecule has 0 atom stereocenters. The van der Waals surface area contributed by atoms with E-state index < -0.39 is 0 Å². The molecule has 10 heavy (non-hydrogen) atoms. The molecule has 2 N–H and O–H groups in total. The molecule has 54 valence electrons. The second-order valence-electron chi connectivity index (χ2n) is 1.93. The first-order valence-electron chi connectivity index (χ1n) is 3.16. The fourth-order valence-corrected chi connectivity index (χ4v) is 0.829. The molecule has 0 saturated carbocycles. The third-order valence-corrected chi connectivity index (χ3v) is 1.29. The second-order valence-corrected chi connectivity index (χ2v) is 1.93. The second kappa shape index (κ2) is 3.06. The Balaban J connectivity index is 2.75. The Morgan fingerprint density at radius 3 is 3.10 bits per heavy atom. The highest BCUT2D eigenvalue weighted by Crippen LogP contribution is 2.00. The summed E-state index contributed by atoms with van der Waals surface area (Å²) < 4.78 is 0. The first-order chi connectivity index (χ1) is 4.88. The van der Waals surface area contributed by atoms with Crippen LogP contribution in [0.2, 0.25) is 0 Å². The van der Waals surface area contributed by atoms with Gasteiger partial charge >= 0.3 is 0 Å². The van der Waals surface area contributed by atoms with Gasteiger partial charge < -0.3 is 10.6 Å². The summed E-state index contributed by atoms with van der Waals surface area (Å²) >= 11 is 0. The molecule has 0 aromatic heterocycles. The lowest BCUT2D eigenvalue weighted by Gasteiger charge is -1.98. The fraction of sp³-hybridized carbons (Fsp3) is 0.286. The third kappa shape index (κ3) is 1.18. The van der Waals surface area contributed by atoms with E-state index in [1.54, 1.807) is 7.05 Å². The topological polar surface area (TPSA) is 36.4 Å². The predicted molar refractivity (Wildman–Crippen MR) is 42.8 cm³/mol. The first kappa shape index (κ1) is 6.86. The maximum atomic E-state index is 4.05. The average Bonchev–Trinajstić information content (AvgIpc) is 2.36. The standard InChI is InChI=1S/C7H11N3/c1-8-5-7-6(9-2)3-4-10-7/h3-5,8,10H,1-2H3/b7-5-,9-6-. The number of hydrogen-bond acceptors (Lipinski definition) is 3. The summed E-state index contributed by atoms with van der Waals surface area (Å²) in [5.41, 5.74) is 2.00. The quantitative estimate of drug-likeness (QED) is 0.543. The SMILES string of the molecule is C/N=C1/C=CN/C1=C\NC. The van der Waals surface area contributed by atoms with Gasteiger partial charge in [0.05, 0.1) is 11.4 Å². The minimum Gasteiger partial charge on any atom is -0.392 e. The average molecular weight is 137 g/mol. The molecule has 0 aromatic carbocycles. The number of aliphatic imine (C=N–C) groups is 1. The summed E-state index contributed by atoms with van der Waals surface area (Å²) in [6.07, 6.45) is 5.68. The third-order valence-electron chi connectivity index (χ3n) is 1.29. The fourth-order valence-electron chi connectivity index (χ4n) is 0.829. The molecular formula is C7H11N3. The molecule has 0 saturated heterocycles. The van der Waals surface area contributed by atoms with Gasteiger partial charge in [0.1, 0.15) is 0 Å². The molecule has 1 rings (SSSR count). The zero-order chi connectivity index (χ0) is 7.40. The molecule has 1 aliphatic heterocycles. The highest BCUT2D eigenvalue weighted by molar-refractivity contribution is 6.09. The van der Waals surface area contributed by atoms with Gasteiger partial charge in [-0.05, 0) is 6.08 Å². The van der Waals surface area contributed by atoms with Crippen LogP contribution in [0.5, 0.6) is 0 Å². The summed E-state index contributed by atoms with van der Waals surface area (Å²) in [5.74, 6) is 0. The molecular weight excluding hydrogens is 126 g/mol. The molecule has 1 heterocycles. The van der Waals surface area contributed by atoms with Gasteiger partial charge in [-0.2, -0.15) is 0 Å². The normalized spacial score (nSPS) is 23.8. The van der Waals surface area contributed by atoms with Crippen molar-refractivity contribution >= 4 is 5.71 Å². The van der Waals surface area contributed by atoms with E-state index in [1.807, 2.05) is 25.5 Å². The number of nitrogens with zero attached hydrogens (tertiary/aromatic N) is 1. The van der Waals surface area contributed by atoms with Gasteiger partial charge in [-0.3, -0.25) is 4.99 Å². The molecule has 0 spiro atoms. The Kier molecular flexibility index (Phi) is 2.10. The molecule has 3 heteroatoms. The van der Waals surface area contributed by atoms with Crippen molar-refractivity contribution in [1.29, 1.82) is 0 Å². The van der Waals surface area contributed by atoms with Crippen molar-refractivity contribution in [3.05, 3.63) is 24.2 Å². The van der Waals surface area contributed by atoms with E-state index in [1.165, 1.54) is 0 Å². The number of rotatable bonds is 1. The largest absolute Gasteiger partial charge is 0.392 e. The van der Waals surface area contributed by atoms with E-state index >= 15 is 0 Å². The van der Waals surface area contributed by atoms with Crippen molar-refractivity contribution in [2.75, 3.05) is 14.1 Å². The van der Waals surface area contributed by atoms with Crippen molar-refractivity contribution in [3.63, 3.8) is 0 Å². The summed E-state index contributed by atoms with van der Waals surface area (Å²) in [7, 11) is 3.64. The van der Waals surface area contributed by atoms with Crippen LogP contribution in [0, 0.1) is 0 Å². The van der Waals surface area contributed by atoms with Crippen molar-refractivity contribution < 1.29 is 0 Å². The zero-order valence-electron chi connectivity index (χ0n) is 6.18. The molecule has 0 aromatic rings. The molecule has 0 aliphatic carbocycles. The van der Waals surface area contributed by atoms with Crippen LogP contribution in [0.3, 0.4) is 0 Å². The Hall–Kier alpha value is -1.25. The maximum absolute atomic E-state index is 4.05. The van der Waals surface area contributed by atoms with E-state index in [0.717, 1.165) is 11.4 Å². The van der Waals surface area contributed by atoms with Gasteiger partial charge in [0.25, 0.3) is 0 Å². The Bertz CT molecular complexity index is 201. The van der Waals surface area contributed by atoms with E-state index in [0.29, 0.717) is 0 Å². The molecule has 0 amide bonds. The number of nitrogens with one attached hydrogen (secondary N) is 2. The summed E-state index contributed by atoms with van der Waals surface area (Å²) in [5, 5.41) is 5.97. The van der Waals surface area contributed by atoms with Gasteiger partial charge in [0, 0.05) is 26.5 Å². The van der Waals surface area contributed by atoms with Crippen molar-refractivity contribution in [2.45, 2.75) is 0 Å². The molecule has 3 nitrogen and oxygen atoms in total. The smallest absolute Gasteiger partial charge is 0.0834 e. The molecule has 0 radical (unpaired) electrons. The van der Waals surface area contributed by atoms with E-state index in [-0.39, 0.29) is 0 Å². The highest BCUT2D eigenvalue weighted by atomic mass is 14.9. The zero-order valence-corrected chi connectivity index (χ0v) is 6.18. The van der Waals surface area contributed by atoms with Crippen LogP contribution < -0.4 is 10.6 Å². The van der Waals surface area contributed by atoms with Gasteiger partial charge in [-0.1, -0.05) is 0 Å². The minimum absolute atomic E-state index is 0.981. The maximum Gasteiger partial charge on any atom is 0.0834 e. The van der Waals surface area contributed by atoms with E-state index in [9.17, 15) is 0 Å². The Labute approximate surface area is 60.5 Å². The summed E-state index contributed by atoms with van der Waals surface area (Å²) in [4.78, 5) is 4.05. The van der Waals surface area contributed by atoms with E-state index in [4.69, 9.17) is 0 Å². The van der Waals surface area contributed by atoms with Gasteiger partial charge in [0.15, 0.2) is 0 Å². The van der Waals surface area contributed by atoms with Crippen LogP contribution in [0.25, 0.3) is 0 Å². The molecule has 0 bridgehead atoms. The molecule has 0 unspecified atom stereocenters. The van der Waals surface area contributed by atoms with Gasteiger partial charge in [-0.25, -0.2) is 0 Å². The lowest BCUT2D eigenvalue weighted by molar-refractivity contribution is 1.04. The van der Waals surface area contributed by atoms with Crippen LogP contribution >= 0.6 is 0 Å². The van der Waals surface area contributed by atoms with Crippen LogP contribution in [-0.4, -0.2) is 19.8 Å². The lowest BCUT2D eigenvalue weighted by atomic mass is 10.3. The Morgan fingerprint density at radius 2 is 2.50 bits per heavy atom. The number of hydrogen-bond donors (Lipinski definition) is 2. The highest BCUT2D eigenvalue weighted by Gasteiger charge is 2.05. The lowest BCUT2D eigenvalue weighted by Crippen LogP contribution is -2.10. The van der Waals surface area contributed by atoms with Crippen molar-refractivity contribution in [2.24, 2.45) is 4.99 Å². The van der Waals surface area contributed by atoms with Crippen LogP contribution in [-0.2, 0) is 0 Å². The number of allylic oxidation sites excluding steroid dienone is 1. The first-order valence-corrected chi connectivity index (χ1v) is 3.16. The van der Waals surface area contributed by atoms with Crippen molar-refractivity contribution in [1.82, 2.24) is 10.6 Å². The van der Waals surface area contributed by atoms with Crippen LogP contribution in [0.4, 0.5) is 0 Å².